The van der Waals surface area contributed by atoms with Gasteiger partial charge in [-0.05, 0) is 22.3 Å². The molecule has 0 aliphatic rings. The van der Waals surface area contributed by atoms with Gasteiger partial charge in [-0.2, -0.15) is 0 Å². The number of aliphatic hydroxyl groups excluding tert-OH is 3. The van der Waals surface area contributed by atoms with E-state index in [1.54, 1.807) is 24.3 Å². The standard InChI is InChI=1S/C25H29NO3/c27-19-22-11-13-23(14-12-22)25(29)15-24(28)18-26(16-20-7-3-1-4-8-20)17-21-9-5-2-6-10-21/h1-14,24-25,27-29H,15-19H2. The molecule has 0 aliphatic heterocycles. The van der Waals surface area contributed by atoms with Gasteiger partial charge in [-0.3, -0.25) is 4.90 Å². The van der Waals surface area contributed by atoms with Gasteiger partial charge in [-0.15, -0.1) is 0 Å². The van der Waals surface area contributed by atoms with Gasteiger partial charge in [-0.25, -0.2) is 0 Å². The van der Waals surface area contributed by atoms with Crippen LogP contribution in [0.5, 0.6) is 0 Å². The van der Waals surface area contributed by atoms with Crippen LogP contribution in [0.3, 0.4) is 0 Å². The van der Waals surface area contributed by atoms with Gasteiger partial charge in [0.25, 0.3) is 0 Å². The molecule has 2 atom stereocenters. The molecule has 0 radical (unpaired) electrons. The maximum Gasteiger partial charge on any atom is 0.0815 e. The van der Waals surface area contributed by atoms with Gasteiger partial charge in [0, 0.05) is 26.1 Å². The molecule has 0 aromatic heterocycles. The van der Waals surface area contributed by atoms with Crippen LogP contribution in [0.4, 0.5) is 0 Å². The Kier molecular flexibility index (Phi) is 7.96. The molecular weight excluding hydrogens is 362 g/mol. The maximum absolute atomic E-state index is 10.7. The van der Waals surface area contributed by atoms with Crippen LogP contribution in [-0.2, 0) is 19.7 Å². The largest absolute Gasteiger partial charge is 0.392 e. The molecule has 4 nitrogen and oxygen atoms in total. The number of hydrogen-bond donors (Lipinski definition) is 3. The quantitative estimate of drug-likeness (QED) is 0.493. The topological polar surface area (TPSA) is 63.9 Å². The smallest absolute Gasteiger partial charge is 0.0815 e. The van der Waals surface area contributed by atoms with Crippen LogP contribution in [0.15, 0.2) is 84.9 Å². The lowest BCUT2D eigenvalue weighted by Crippen LogP contribution is -2.32. The Morgan fingerprint density at radius 2 is 1.17 bits per heavy atom. The molecule has 0 bridgehead atoms. The fourth-order valence-electron chi connectivity index (χ4n) is 3.48. The van der Waals surface area contributed by atoms with Crippen molar-refractivity contribution in [2.24, 2.45) is 0 Å². The Labute approximate surface area is 172 Å². The lowest BCUT2D eigenvalue weighted by atomic mass is 10.0. The third kappa shape index (κ3) is 6.80. The van der Waals surface area contributed by atoms with E-state index in [0.29, 0.717) is 6.54 Å². The fraction of sp³-hybridized carbons (Fsp3) is 0.280. The van der Waals surface area contributed by atoms with E-state index in [1.165, 1.54) is 11.1 Å². The van der Waals surface area contributed by atoms with Crippen LogP contribution < -0.4 is 0 Å². The van der Waals surface area contributed by atoms with E-state index in [0.717, 1.165) is 24.2 Å². The van der Waals surface area contributed by atoms with Crippen LogP contribution in [0.25, 0.3) is 0 Å². The first-order valence-electron chi connectivity index (χ1n) is 10.00. The highest BCUT2D eigenvalue weighted by Gasteiger charge is 2.18. The van der Waals surface area contributed by atoms with Crippen molar-refractivity contribution in [2.75, 3.05) is 6.54 Å². The molecule has 0 aliphatic carbocycles. The SMILES string of the molecule is OCc1ccc(C(O)CC(O)CN(Cc2ccccc2)Cc2ccccc2)cc1. The summed E-state index contributed by atoms with van der Waals surface area (Å²) in [5.74, 6) is 0. The highest BCUT2D eigenvalue weighted by molar-refractivity contribution is 5.24. The van der Waals surface area contributed by atoms with Gasteiger partial charge < -0.3 is 15.3 Å². The molecule has 0 saturated heterocycles. The molecule has 2 unspecified atom stereocenters. The van der Waals surface area contributed by atoms with Crippen molar-refractivity contribution in [3.8, 4) is 0 Å². The summed E-state index contributed by atoms with van der Waals surface area (Å²) >= 11 is 0. The van der Waals surface area contributed by atoms with Crippen molar-refractivity contribution in [1.29, 1.82) is 0 Å². The first kappa shape index (κ1) is 21.2. The van der Waals surface area contributed by atoms with E-state index in [4.69, 9.17) is 5.11 Å². The zero-order chi connectivity index (χ0) is 20.5. The number of nitrogens with zero attached hydrogens (tertiary/aromatic N) is 1. The highest BCUT2D eigenvalue weighted by atomic mass is 16.3. The second-order valence-electron chi connectivity index (χ2n) is 7.45. The summed E-state index contributed by atoms with van der Waals surface area (Å²) in [6.45, 7) is 1.91. The lowest BCUT2D eigenvalue weighted by molar-refractivity contribution is 0.0495. The first-order chi connectivity index (χ1) is 14.1. The van der Waals surface area contributed by atoms with Crippen molar-refractivity contribution >= 4 is 0 Å². The van der Waals surface area contributed by atoms with Crippen molar-refractivity contribution < 1.29 is 15.3 Å². The molecule has 0 fully saturated rings. The first-order valence-corrected chi connectivity index (χ1v) is 10.00. The predicted molar refractivity (Wildman–Crippen MR) is 115 cm³/mol. The average molecular weight is 392 g/mol. The molecular formula is C25H29NO3. The molecule has 3 aromatic carbocycles. The maximum atomic E-state index is 10.7. The molecule has 152 valence electrons. The van der Waals surface area contributed by atoms with E-state index >= 15 is 0 Å². The van der Waals surface area contributed by atoms with Gasteiger partial charge in [0.2, 0.25) is 0 Å². The molecule has 0 saturated carbocycles. The molecule has 29 heavy (non-hydrogen) atoms. The van der Waals surface area contributed by atoms with Crippen molar-refractivity contribution in [1.82, 2.24) is 4.90 Å². The normalized spacial score (nSPS) is 13.4. The van der Waals surface area contributed by atoms with Crippen LogP contribution in [0.2, 0.25) is 0 Å². The third-order valence-electron chi connectivity index (χ3n) is 5.01. The van der Waals surface area contributed by atoms with Crippen LogP contribution in [0.1, 0.15) is 34.8 Å². The number of benzene rings is 3. The molecule has 4 heteroatoms. The second-order valence-corrected chi connectivity index (χ2v) is 7.45. The molecule has 3 rings (SSSR count). The summed E-state index contributed by atoms with van der Waals surface area (Å²) in [6, 6.07) is 27.6. The molecule has 0 heterocycles. The van der Waals surface area contributed by atoms with Gasteiger partial charge in [0.15, 0.2) is 0 Å². The summed E-state index contributed by atoms with van der Waals surface area (Å²) in [7, 11) is 0. The summed E-state index contributed by atoms with van der Waals surface area (Å²) in [6.07, 6.45) is -1.14. The molecule has 3 N–H and O–H groups in total. The zero-order valence-corrected chi connectivity index (χ0v) is 16.6. The summed E-state index contributed by atoms with van der Waals surface area (Å²) in [5, 5.41) is 30.3. The molecule has 0 spiro atoms. The van der Waals surface area contributed by atoms with E-state index in [-0.39, 0.29) is 13.0 Å². The van der Waals surface area contributed by atoms with E-state index in [1.807, 2.05) is 36.4 Å². The van der Waals surface area contributed by atoms with Gasteiger partial charge in [-0.1, -0.05) is 84.9 Å². The van der Waals surface area contributed by atoms with Crippen LogP contribution in [-0.4, -0.2) is 32.9 Å². The van der Waals surface area contributed by atoms with Crippen molar-refractivity contribution in [3.05, 3.63) is 107 Å². The average Bonchev–Trinajstić information content (AvgIpc) is 2.75. The Hall–Kier alpha value is -2.50. The Balaban J connectivity index is 1.63. The Morgan fingerprint density at radius 3 is 1.66 bits per heavy atom. The van der Waals surface area contributed by atoms with Crippen LogP contribution >= 0.6 is 0 Å². The van der Waals surface area contributed by atoms with Crippen molar-refractivity contribution in [2.45, 2.75) is 38.3 Å². The monoisotopic (exact) mass is 391 g/mol. The van der Waals surface area contributed by atoms with Crippen molar-refractivity contribution in [3.63, 3.8) is 0 Å². The summed E-state index contributed by atoms with van der Waals surface area (Å²) in [5.41, 5.74) is 3.93. The summed E-state index contributed by atoms with van der Waals surface area (Å²) in [4.78, 5) is 2.21. The van der Waals surface area contributed by atoms with Gasteiger partial charge in [0.05, 0.1) is 18.8 Å². The third-order valence-corrected chi connectivity index (χ3v) is 5.01. The van der Waals surface area contributed by atoms with Crippen LogP contribution in [0, 0.1) is 0 Å². The minimum absolute atomic E-state index is 0.0209. The second kappa shape index (κ2) is 10.9. The minimum atomic E-state index is -0.743. The van der Waals surface area contributed by atoms with Gasteiger partial charge >= 0.3 is 0 Å². The lowest BCUT2D eigenvalue weighted by Gasteiger charge is -2.26. The predicted octanol–water partition coefficient (Wildman–Crippen LogP) is 3.67. The van der Waals surface area contributed by atoms with E-state index in [9.17, 15) is 10.2 Å². The minimum Gasteiger partial charge on any atom is -0.392 e. The Morgan fingerprint density at radius 1 is 0.655 bits per heavy atom. The molecule has 3 aromatic rings. The zero-order valence-electron chi connectivity index (χ0n) is 16.6. The van der Waals surface area contributed by atoms with E-state index < -0.39 is 12.2 Å². The number of hydrogen-bond acceptors (Lipinski definition) is 4. The van der Waals surface area contributed by atoms with E-state index in [2.05, 4.69) is 29.2 Å². The summed E-state index contributed by atoms with van der Waals surface area (Å²) < 4.78 is 0. The number of aliphatic hydroxyl groups is 3. The number of rotatable bonds is 10. The fourth-order valence-corrected chi connectivity index (χ4v) is 3.48. The van der Waals surface area contributed by atoms with Gasteiger partial charge in [0.1, 0.15) is 0 Å². The highest BCUT2D eigenvalue weighted by Crippen LogP contribution is 2.20. The Bertz CT molecular complexity index is 795. The molecule has 0 amide bonds.